The lowest BCUT2D eigenvalue weighted by Crippen LogP contribution is -1.86. The number of carbonyl (C=O) groups excluding carboxylic acids is 1. The van der Waals surface area contributed by atoms with Gasteiger partial charge >= 0.3 is 0 Å². The van der Waals surface area contributed by atoms with Crippen LogP contribution in [0.1, 0.15) is 42.1 Å². The molecule has 0 spiro atoms. The Morgan fingerprint density at radius 2 is 2.13 bits per heavy atom. The van der Waals surface area contributed by atoms with Gasteiger partial charge in [0, 0.05) is 10.5 Å². The van der Waals surface area contributed by atoms with Crippen LogP contribution in [0.5, 0.6) is 0 Å². The fraction of sp³-hybridized carbons (Fsp3) is 0.462. The third kappa shape index (κ3) is 4.08. The number of hydrogen-bond acceptors (Lipinski definition) is 2. The molecule has 0 N–H and O–H groups in total. The van der Waals surface area contributed by atoms with Crippen molar-refractivity contribution in [2.75, 3.05) is 5.75 Å². The second-order valence-electron chi connectivity index (χ2n) is 3.70. The van der Waals surface area contributed by atoms with Crippen molar-refractivity contribution in [1.29, 1.82) is 0 Å². The van der Waals surface area contributed by atoms with E-state index in [9.17, 15) is 4.79 Å². The van der Waals surface area contributed by atoms with Crippen LogP contribution in [0.15, 0.2) is 23.1 Å². The SMILES string of the molecule is CCCCCSc1ccc(C=O)cc1C. The highest BCUT2D eigenvalue weighted by Gasteiger charge is 2.00. The fourth-order valence-electron chi connectivity index (χ4n) is 1.44. The first-order valence-corrected chi connectivity index (χ1v) is 6.45. The zero-order valence-corrected chi connectivity index (χ0v) is 10.3. The smallest absolute Gasteiger partial charge is 0.150 e. The van der Waals surface area contributed by atoms with E-state index >= 15 is 0 Å². The summed E-state index contributed by atoms with van der Waals surface area (Å²) in [4.78, 5) is 11.9. The fourth-order valence-corrected chi connectivity index (χ4v) is 2.46. The Balaban J connectivity index is 2.50. The van der Waals surface area contributed by atoms with E-state index in [1.807, 2.05) is 23.9 Å². The van der Waals surface area contributed by atoms with Gasteiger partial charge in [-0.05, 0) is 36.8 Å². The van der Waals surface area contributed by atoms with E-state index in [4.69, 9.17) is 0 Å². The molecule has 0 radical (unpaired) electrons. The number of thioether (sulfide) groups is 1. The molecule has 0 aliphatic carbocycles. The summed E-state index contributed by atoms with van der Waals surface area (Å²) in [5.41, 5.74) is 1.98. The van der Waals surface area contributed by atoms with Crippen molar-refractivity contribution < 1.29 is 4.79 Å². The van der Waals surface area contributed by atoms with E-state index in [-0.39, 0.29) is 0 Å². The number of rotatable bonds is 6. The van der Waals surface area contributed by atoms with Crippen LogP contribution >= 0.6 is 11.8 Å². The van der Waals surface area contributed by atoms with Gasteiger partial charge in [-0.3, -0.25) is 4.79 Å². The molecule has 0 saturated heterocycles. The summed E-state index contributed by atoms with van der Waals surface area (Å²) in [6, 6.07) is 5.90. The first kappa shape index (κ1) is 12.3. The summed E-state index contributed by atoms with van der Waals surface area (Å²) in [6.07, 6.45) is 4.75. The van der Waals surface area contributed by atoms with E-state index in [1.54, 1.807) is 0 Å². The van der Waals surface area contributed by atoms with Crippen molar-refractivity contribution in [3.63, 3.8) is 0 Å². The van der Waals surface area contributed by atoms with E-state index in [1.165, 1.54) is 35.5 Å². The van der Waals surface area contributed by atoms with Gasteiger partial charge in [-0.1, -0.05) is 25.8 Å². The molecule has 0 amide bonds. The number of aldehydes is 1. The van der Waals surface area contributed by atoms with Crippen molar-refractivity contribution >= 4 is 18.0 Å². The monoisotopic (exact) mass is 222 g/mol. The Bertz CT molecular complexity index is 320. The van der Waals surface area contributed by atoms with Gasteiger partial charge in [0.05, 0.1) is 0 Å². The zero-order valence-electron chi connectivity index (χ0n) is 9.45. The van der Waals surface area contributed by atoms with E-state index in [0.29, 0.717) is 0 Å². The average Bonchev–Trinajstić information content (AvgIpc) is 2.26. The molecule has 1 aromatic rings. The Morgan fingerprint density at radius 3 is 2.73 bits per heavy atom. The second kappa shape index (κ2) is 6.67. The second-order valence-corrected chi connectivity index (χ2v) is 4.84. The maximum absolute atomic E-state index is 10.6. The molecule has 82 valence electrons. The van der Waals surface area contributed by atoms with E-state index in [0.717, 1.165) is 11.8 Å². The number of benzene rings is 1. The summed E-state index contributed by atoms with van der Waals surface area (Å²) in [7, 11) is 0. The summed E-state index contributed by atoms with van der Waals surface area (Å²) in [5.74, 6) is 1.18. The highest BCUT2D eigenvalue weighted by atomic mass is 32.2. The summed E-state index contributed by atoms with van der Waals surface area (Å²) < 4.78 is 0. The quantitative estimate of drug-likeness (QED) is 0.409. The molecule has 0 fully saturated rings. The molecule has 0 bridgehead atoms. The molecule has 0 aliphatic rings. The van der Waals surface area contributed by atoms with Gasteiger partial charge in [0.2, 0.25) is 0 Å². The predicted molar refractivity (Wildman–Crippen MR) is 66.8 cm³/mol. The van der Waals surface area contributed by atoms with Crippen LogP contribution in [0.4, 0.5) is 0 Å². The first-order chi connectivity index (χ1) is 7.27. The Labute approximate surface area is 96.3 Å². The van der Waals surface area contributed by atoms with E-state index < -0.39 is 0 Å². The summed E-state index contributed by atoms with van der Waals surface area (Å²) in [5, 5.41) is 0. The number of carbonyl (C=O) groups is 1. The lowest BCUT2D eigenvalue weighted by Gasteiger charge is -2.05. The zero-order chi connectivity index (χ0) is 11.1. The van der Waals surface area contributed by atoms with Crippen LogP contribution in [0.25, 0.3) is 0 Å². The van der Waals surface area contributed by atoms with Gasteiger partial charge in [0.25, 0.3) is 0 Å². The molecule has 1 rings (SSSR count). The van der Waals surface area contributed by atoms with Gasteiger partial charge in [-0.2, -0.15) is 0 Å². The summed E-state index contributed by atoms with van der Waals surface area (Å²) >= 11 is 1.89. The first-order valence-electron chi connectivity index (χ1n) is 5.46. The normalized spacial score (nSPS) is 10.3. The third-order valence-electron chi connectivity index (χ3n) is 2.34. The Morgan fingerprint density at radius 1 is 1.33 bits per heavy atom. The molecule has 0 aromatic heterocycles. The predicted octanol–water partition coefficient (Wildman–Crippen LogP) is 4.09. The highest BCUT2D eigenvalue weighted by molar-refractivity contribution is 7.99. The maximum Gasteiger partial charge on any atom is 0.150 e. The molecule has 1 aromatic carbocycles. The maximum atomic E-state index is 10.6. The molecule has 15 heavy (non-hydrogen) atoms. The van der Waals surface area contributed by atoms with E-state index in [2.05, 4.69) is 19.9 Å². The van der Waals surface area contributed by atoms with Crippen LogP contribution in [-0.2, 0) is 0 Å². The van der Waals surface area contributed by atoms with Gasteiger partial charge < -0.3 is 0 Å². The lowest BCUT2D eigenvalue weighted by atomic mass is 10.2. The largest absolute Gasteiger partial charge is 0.298 e. The molecular formula is C13H18OS. The highest BCUT2D eigenvalue weighted by Crippen LogP contribution is 2.24. The van der Waals surface area contributed by atoms with Crippen molar-refractivity contribution in [2.24, 2.45) is 0 Å². The molecule has 0 aliphatic heterocycles. The molecule has 0 saturated carbocycles. The van der Waals surface area contributed by atoms with Crippen molar-refractivity contribution in [3.8, 4) is 0 Å². The molecule has 0 unspecified atom stereocenters. The number of aryl methyl sites for hydroxylation is 1. The van der Waals surface area contributed by atoms with Crippen molar-refractivity contribution in [2.45, 2.75) is 38.0 Å². The van der Waals surface area contributed by atoms with Gasteiger partial charge in [-0.15, -0.1) is 11.8 Å². The van der Waals surface area contributed by atoms with Crippen LogP contribution in [0, 0.1) is 6.92 Å². The molecule has 0 atom stereocenters. The van der Waals surface area contributed by atoms with Crippen LogP contribution < -0.4 is 0 Å². The van der Waals surface area contributed by atoms with Crippen molar-refractivity contribution in [1.82, 2.24) is 0 Å². The minimum absolute atomic E-state index is 0.769. The average molecular weight is 222 g/mol. The van der Waals surface area contributed by atoms with Gasteiger partial charge in [0.1, 0.15) is 6.29 Å². The number of unbranched alkanes of at least 4 members (excludes halogenated alkanes) is 2. The van der Waals surface area contributed by atoms with Crippen LogP contribution in [0.3, 0.4) is 0 Å². The molecule has 0 heterocycles. The van der Waals surface area contributed by atoms with Gasteiger partial charge in [0.15, 0.2) is 0 Å². The molecule has 1 nitrogen and oxygen atoms in total. The minimum atomic E-state index is 0.769. The van der Waals surface area contributed by atoms with Crippen LogP contribution in [-0.4, -0.2) is 12.0 Å². The topological polar surface area (TPSA) is 17.1 Å². The van der Waals surface area contributed by atoms with Crippen molar-refractivity contribution in [3.05, 3.63) is 29.3 Å². The Kier molecular flexibility index (Phi) is 5.48. The standard InChI is InChI=1S/C13H18OS/c1-3-4-5-8-15-13-7-6-12(10-14)9-11(13)2/h6-7,9-10H,3-5,8H2,1-2H3. The number of hydrogen-bond donors (Lipinski definition) is 0. The lowest BCUT2D eigenvalue weighted by molar-refractivity contribution is 0.112. The van der Waals surface area contributed by atoms with Crippen LogP contribution in [0.2, 0.25) is 0 Å². The van der Waals surface area contributed by atoms with Gasteiger partial charge in [-0.25, -0.2) is 0 Å². The Hall–Kier alpha value is -0.760. The summed E-state index contributed by atoms with van der Waals surface area (Å²) in [6.45, 7) is 4.28. The minimum Gasteiger partial charge on any atom is -0.298 e. The third-order valence-corrected chi connectivity index (χ3v) is 3.60. The molecule has 2 heteroatoms. The molecular weight excluding hydrogens is 204 g/mol.